The zero-order chi connectivity index (χ0) is 50.2. The molecule has 2 aliphatic rings. The van der Waals surface area contributed by atoms with Gasteiger partial charge in [-0.15, -0.1) is 0 Å². The van der Waals surface area contributed by atoms with E-state index in [0.717, 1.165) is 0 Å². The van der Waals surface area contributed by atoms with E-state index < -0.39 is 152 Å². The van der Waals surface area contributed by atoms with Gasteiger partial charge in [-0.25, -0.2) is 0 Å². The Hall–Kier alpha value is -6.85. The number of primary amides is 3. The van der Waals surface area contributed by atoms with Crippen molar-refractivity contribution in [3.8, 4) is 5.75 Å². The van der Waals surface area contributed by atoms with E-state index in [2.05, 4.69) is 42.5 Å². The standard InChI is InChI=1S/C43H66N12O12/c1-6-23(4)36-40(65)50-27(13-14-31(44)57)37(62)51-29(16-32(45)58)38(63)52-30(18-47-20-34(60)49-28(39(64)53-36)15-24-7-11-26(56)12-8-24)41(66)55(25-9-10-25)21-35(61)54-43(5,17-22(2)3)42(67)48-19-33(46)59/h7-8,11-12,22-23,25,27-30,36,47,56H,6,9-10,13-21H2,1-5H3,(H2,44,57)(H2,45,58)(H2,46,59)(H,48,67)(H,49,60)(H,50,65)(H,51,62)(H,52,63)(H,53,64)(H,54,61)/t23-,27-,28-,29-,30-,36-,43+/m0/s1. The summed E-state index contributed by atoms with van der Waals surface area (Å²) in [5, 5.41) is 30.4. The Bertz CT molecular complexity index is 2010. The first-order chi connectivity index (χ1) is 31.4. The van der Waals surface area contributed by atoms with Crippen molar-refractivity contribution >= 4 is 65.0 Å². The quantitative estimate of drug-likeness (QED) is 0.0625. The summed E-state index contributed by atoms with van der Waals surface area (Å²) < 4.78 is 0. The number of rotatable bonds is 19. The normalized spacial score (nSPS) is 22.4. The molecule has 0 aromatic heterocycles. The van der Waals surface area contributed by atoms with Crippen molar-refractivity contribution < 1.29 is 57.8 Å². The highest BCUT2D eigenvalue weighted by Gasteiger charge is 2.42. The van der Waals surface area contributed by atoms with Crippen molar-refractivity contribution in [3.63, 3.8) is 0 Å². The lowest BCUT2D eigenvalue weighted by atomic mass is 9.89. The van der Waals surface area contributed by atoms with E-state index in [9.17, 15) is 57.8 Å². The molecule has 1 aliphatic heterocycles. The third kappa shape index (κ3) is 17.8. The largest absolute Gasteiger partial charge is 0.508 e. The van der Waals surface area contributed by atoms with Gasteiger partial charge in [0.2, 0.25) is 65.0 Å². The van der Waals surface area contributed by atoms with Gasteiger partial charge in [-0.2, -0.15) is 0 Å². The summed E-state index contributed by atoms with van der Waals surface area (Å²) in [6, 6.07) is -2.24. The van der Waals surface area contributed by atoms with Gasteiger partial charge in [0.15, 0.2) is 0 Å². The SMILES string of the molecule is CC[C@H](C)[C@@H]1NC(=O)[C@H](Cc2ccc(O)cc2)NC(=O)CNC[C@@H](C(=O)N(CC(=O)N[C@](C)(CC(C)C)C(=O)NCC(N)=O)C2CC2)NC(=O)[C@H](CC(N)=O)NC(=O)[C@H](CCC(N)=O)NC1=O. The van der Waals surface area contributed by atoms with Gasteiger partial charge in [0.1, 0.15) is 41.5 Å². The number of hydrogen-bond donors (Lipinski definition) is 12. The number of amides is 11. The summed E-state index contributed by atoms with van der Waals surface area (Å²) in [6.07, 6.45) is -0.333. The predicted molar refractivity (Wildman–Crippen MR) is 239 cm³/mol. The molecule has 0 radical (unpaired) electrons. The molecule has 370 valence electrons. The number of phenols is 1. The van der Waals surface area contributed by atoms with Crippen LogP contribution in [0.1, 0.15) is 85.1 Å². The van der Waals surface area contributed by atoms with Gasteiger partial charge in [0.05, 0.1) is 26.1 Å². The minimum Gasteiger partial charge on any atom is -0.508 e. The number of carbonyl (C=O) groups excluding carboxylic acids is 11. The number of nitrogens with one attached hydrogen (secondary N) is 8. The summed E-state index contributed by atoms with van der Waals surface area (Å²) in [5.41, 5.74) is 15.0. The highest BCUT2D eigenvalue weighted by atomic mass is 16.3. The molecule has 24 heteroatoms. The molecule has 1 saturated carbocycles. The monoisotopic (exact) mass is 942 g/mol. The third-order valence-electron chi connectivity index (χ3n) is 11.2. The van der Waals surface area contributed by atoms with E-state index in [1.165, 1.54) is 36.1 Å². The molecule has 1 heterocycles. The average molecular weight is 943 g/mol. The van der Waals surface area contributed by atoms with Crippen molar-refractivity contribution in [2.24, 2.45) is 29.0 Å². The molecule has 3 rings (SSSR count). The molecule has 7 atom stereocenters. The number of hydrogen-bond acceptors (Lipinski definition) is 13. The molecule has 11 amide bonds. The first-order valence-electron chi connectivity index (χ1n) is 22.2. The molecule has 0 bridgehead atoms. The van der Waals surface area contributed by atoms with Crippen LogP contribution in [-0.2, 0) is 59.2 Å². The number of phenolic OH excluding ortho intramolecular Hbond substituents is 1. The average Bonchev–Trinajstić information content (AvgIpc) is 4.09. The van der Waals surface area contributed by atoms with Crippen LogP contribution in [-0.4, -0.2) is 143 Å². The molecule has 1 aromatic rings. The Morgan fingerprint density at radius 1 is 0.806 bits per heavy atom. The molecular weight excluding hydrogens is 877 g/mol. The second kappa shape index (κ2) is 25.2. The summed E-state index contributed by atoms with van der Waals surface area (Å²) in [7, 11) is 0. The summed E-state index contributed by atoms with van der Waals surface area (Å²) >= 11 is 0. The lowest BCUT2D eigenvalue weighted by Crippen LogP contribution is -2.63. The Kier molecular flexibility index (Phi) is 20.5. The third-order valence-corrected chi connectivity index (χ3v) is 11.2. The fourth-order valence-electron chi connectivity index (χ4n) is 7.44. The van der Waals surface area contributed by atoms with Crippen LogP contribution in [0.3, 0.4) is 0 Å². The van der Waals surface area contributed by atoms with Crippen LogP contribution in [0.25, 0.3) is 0 Å². The fourth-order valence-corrected chi connectivity index (χ4v) is 7.44. The second-order valence-corrected chi connectivity index (χ2v) is 17.7. The zero-order valence-electron chi connectivity index (χ0n) is 38.5. The zero-order valence-corrected chi connectivity index (χ0v) is 38.5. The minimum atomic E-state index is -1.77. The maximum Gasteiger partial charge on any atom is 0.247 e. The Balaban J connectivity index is 2.06. The summed E-state index contributed by atoms with van der Waals surface area (Å²) in [4.78, 5) is 148. The molecule has 0 unspecified atom stereocenters. The van der Waals surface area contributed by atoms with E-state index in [4.69, 9.17) is 17.2 Å². The van der Waals surface area contributed by atoms with Crippen LogP contribution < -0.4 is 59.7 Å². The molecular formula is C43H66N12O12. The highest BCUT2D eigenvalue weighted by molar-refractivity contribution is 5.99. The topological polar surface area (TPSA) is 386 Å². The van der Waals surface area contributed by atoms with Gasteiger partial charge in [0, 0.05) is 25.4 Å². The van der Waals surface area contributed by atoms with Crippen molar-refractivity contribution in [2.45, 2.75) is 128 Å². The van der Waals surface area contributed by atoms with Crippen LogP contribution in [0.15, 0.2) is 24.3 Å². The van der Waals surface area contributed by atoms with Crippen LogP contribution in [0.2, 0.25) is 0 Å². The molecule has 1 aliphatic carbocycles. The molecule has 2 fully saturated rings. The Morgan fingerprint density at radius 3 is 1.99 bits per heavy atom. The van der Waals surface area contributed by atoms with Gasteiger partial charge in [-0.05, 0) is 62.1 Å². The van der Waals surface area contributed by atoms with Crippen LogP contribution in [0.5, 0.6) is 5.75 Å². The molecule has 1 aromatic carbocycles. The number of nitrogens with two attached hydrogens (primary N) is 3. The number of nitrogens with zero attached hydrogens (tertiary/aromatic N) is 1. The second-order valence-electron chi connectivity index (χ2n) is 17.7. The number of aromatic hydroxyl groups is 1. The summed E-state index contributed by atoms with van der Waals surface area (Å²) in [5.74, 6) is -10.3. The molecule has 0 spiro atoms. The predicted octanol–water partition coefficient (Wildman–Crippen LogP) is -4.34. The molecule has 24 nitrogen and oxygen atoms in total. The Morgan fingerprint density at radius 2 is 1.42 bits per heavy atom. The molecule has 15 N–H and O–H groups in total. The van der Waals surface area contributed by atoms with Crippen LogP contribution in [0.4, 0.5) is 0 Å². The van der Waals surface area contributed by atoms with E-state index in [1.54, 1.807) is 27.7 Å². The minimum absolute atomic E-state index is 0.0540. The fraction of sp³-hybridized carbons (Fsp3) is 0.605. The van der Waals surface area contributed by atoms with Crippen LogP contribution in [0, 0.1) is 11.8 Å². The Labute approximate surface area is 388 Å². The van der Waals surface area contributed by atoms with Gasteiger partial charge in [-0.3, -0.25) is 52.7 Å². The summed E-state index contributed by atoms with van der Waals surface area (Å²) in [6.45, 7) is 6.34. The van der Waals surface area contributed by atoms with E-state index in [1.807, 2.05) is 0 Å². The van der Waals surface area contributed by atoms with Crippen molar-refractivity contribution in [1.82, 2.24) is 47.4 Å². The number of carbonyl (C=O) groups is 11. The van der Waals surface area contributed by atoms with E-state index in [0.29, 0.717) is 24.8 Å². The molecule has 67 heavy (non-hydrogen) atoms. The maximum absolute atomic E-state index is 14.5. The van der Waals surface area contributed by atoms with Gasteiger partial charge >= 0.3 is 0 Å². The lowest BCUT2D eigenvalue weighted by molar-refractivity contribution is -0.142. The molecule has 1 saturated heterocycles. The highest BCUT2D eigenvalue weighted by Crippen LogP contribution is 2.28. The number of benzene rings is 1. The maximum atomic E-state index is 14.5. The lowest BCUT2D eigenvalue weighted by Gasteiger charge is -2.33. The van der Waals surface area contributed by atoms with Gasteiger partial charge < -0.3 is 69.7 Å². The smallest absolute Gasteiger partial charge is 0.247 e. The first kappa shape index (κ1) is 54.5. The van der Waals surface area contributed by atoms with Gasteiger partial charge in [-0.1, -0.05) is 46.2 Å². The van der Waals surface area contributed by atoms with Crippen molar-refractivity contribution in [3.05, 3.63) is 29.8 Å². The van der Waals surface area contributed by atoms with E-state index in [-0.39, 0.29) is 30.9 Å². The van der Waals surface area contributed by atoms with Gasteiger partial charge in [0.25, 0.3) is 0 Å². The van der Waals surface area contributed by atoms with E-state index >= 15 is 0 Å². The van der Waals surface area contributed by atoms with Crippen LogP contribution >= 0.6 is 0 Å². The first-order valence-corrected chi connectivity index (χ1v) is 22.2. The van der Waals surface area contributed by atoms with Crippen molar-refractivity contribution in [2.75, 3.05) is 26.2 Å². The van der Waals surface area contributed by atoms with Crippen molar-refractivity contribution in [1.29, 1.82) is 0 Å².